The molecular weight excluding hydrogens is 318 g/mol. The van der Waals surface area contributed by atoms with E-state index in [4.69, 9.17) is 0 Å². The van der Waals surface area contributed by atoms with Crippen molar-refractivity contribution in [2.24, 2.45) is 5.92 Å². The first-order chi connectivity index (χ1) is 12.0. The average molecular weight is 331 g/mol. The summed E-state index contributed by atoms with van der Waals surface area (Å²) in [5, 5.41) is 18.7. The number of nitrogens with zero attached hydrogens (tertiary/aromatic N) is 4. The molecule has 1 atom stereocenters. The molecule has 7 nitrogen and oxygen atoms in total. The number of para-hydroxylation sites is 2. The fourth-order valence-electron chi connectivity index (χ4n) is 2.73. The first-order valence-corrected chi connectivity index (χ1v) is 7.47. The monoisotopic (exact) mass is 331 g/mol. The molecule has 0 spiro atoms. The van der Waals surface area contributed by atoms with Crippen LogP contribution < -0.4 is 0 Å². The van der Waals surface area contributed by atoms with Gasteiger partial charge in [-0.1, -0.05) is 12.1 Å². The lowest BCUT2D eigenvalue weighted by Crippen LogP contribution is -2.43. The smallest absolute Gasteiger partial charge is 0.270 e. The zero-order valence-electron chi connectivity index (χ0n) is 13.6. The first-order valence-electron chi connectivity index (χ1n) is 7.47. The van der Waals surface area contributed by atoms with Gasteiger partial charge in [0.1, 0.15) is 23.5 Å². The second-order valence-corrected chi connectivity index (χ2v) is 5.64. The second-order valence-electron chi connectivity index (χ2n) is 5.64. The topological polar surface area (TPSA) is 114 Å². The summed E-state index contributed by atoms with van der Waals surface area (Å²) >= 11 is 0. The van der Waals surface area contributed by atoms with E-state index in [-0.39, 0.29) is 11.1 Å². The quantitative estimate of drug-likeness (QED) is 0.667. The molecule has 0 fully saturated rings. The minimum Gasteiger partial charge on any atom is -0.337 e. The molecule has 0 aliphatic carbocycles. The molecule has 122 valence electrons. The highest BCUT2D eigenvalue weighted by Gasteiger charge is 2.36. The van der Waals surface area contributed by atoms with Gasteiger partial charge in [-0.05, 0) is 30.7 Å². The summed E-state index contributed by atoms with van der Waals surface area (Å²) in [6, 6.07) is 11.2. The number of nitriles is 2. The molecule has 2 aromatic rings. The number of H-pyrrole nitrogens is 1. The van der Waals surface area contributed by atoms with Crippen LogP contribution in [0.15, 0.2) is 41.5 Å². The number of hydrogen-bond acceptors (Lipinski definition) is 5. The lowest BCUT2D eigenvalue weighted by molar-refractivity contribution is -0.143. The Balaban J connectivity index is 2.12. The van der Waals surface area contributed by atoms with Crippen LogP contribution in [0, 0.1) is 28.6 Å². The highest BCUT2D eigenvalue weighted by molar-refractivity contribution is 6.12. The largest absolute Gasteiger partial charge is 0.337 e. The molecule has 1 aromatic carbocycles. The molecule has 25 heavy (non-hydrogen) atoms. The number of rotatable bonds is 2. The van der Waals surface area contributed by atoms with Crippen molar-refractivity contribution in [2.45, 2.75) is 6.92 Å². The minimum absolute atomic E-state index is 0.0785. The van der Waals surface area contributed by atoms with Crippen molar-refractivity contribution < 1.29 is 9.59 Å². The molecule has 1 unspecified atom stereocenters. The van der Waals surface area contributed by atoms with Crippen LogP contribution in [0.1, 0.15) is 12.7 Å². The van der Waals surface area contributed by atoms with Crippen LogP contribution >= 0.6 is 0 Å². The van der Waals surface area contributed by atoms with Crippen LogP contribution in [-0.4, -0.2) is 33.7 Å². The summed E-state index contributed by atoms with van der Waals surface area (Å²) in [6.45, 7) is 1.55. The van der Waals surface area contributed by atoms with E-state index in [2.05, 4.69) is 9.97 Å². The van der Waals surface area contributed by atoms with E-state index in [0.717, 1.165) is 10.4 Å². The van der Waals surface area contributed by atoms with Crippen molar-refractivity contribution in [1.82, 2.24) is 14.9 Å². The summed E-state index contributed by atoms with van der Waals surface area (Å²) in [4.78, 5) is 32.7. The van der Waals surface area contributed by atoms with Crippen LogP contribution in [-0.2, 0) is 9.59 Å². The Labute approximate surface area is 143 Å². The number of fused-ring (bicyclic) bond motifs is 1. The van der Waals surface area contributed by atoms with Crippen molar-refractivity contribution in [3.05, 3.63) is 47.3 Å². The lowest BCUT2D eigenvalue weighted by atomic mass is 9.88. The zero-order valence-corrected chi connectivity index (χ0v) is 13.6. The normalized spacial score (nSPS) is 18.5. The third kappa shape index (κ3) is 2.58. The molecule has 0 saturated heterocycles. The van der Waals surface area contributed by atoms with Gasteiger partial charge in [-0.2, -0.15) is 10.5 Å². The lowest BCUT2D eigenvalue weighted by Gasteiger charge is -2.27. The summed E-state index contributed by atoms with van der Waals surface area (Å²) in [7, 11) is 1.32. The maximum absolute atomic E-state index is 12.4. The van der Waals surface area contributed by atoms with Gasteiger partial charge in [-0.25, -0.2) is 4.98 Å². The molecule has 1 aliphatic rings. The summed E-state index contributed by atoms with van der Waals surface area (Å²) < 4.78 is 0. The van der Waals surface area contributed by atoms with E-state index >= 15 is 0 Å². The van der Waals surface area contributed by atoms with Crippen molar-refractivity contribution >= 4 is 28.4 Å². The number of hydrogen-bond donors (Lipinski definition) is 1. The maximum atomic E-state index is 12.4. The van der Waals surface area contributed by atoms with Gasteiger partial charge in [-0.15, -0.1) is 0 Å². The van der Waals surface area contributed by atoms with Gasteiger partial charge < -0.3 is 4.98 Å². The molecule has 0 radical (unpaired) electrons. The number of imide groups is 1. The molecule has 7 heteroatoms. The van der Waals surface area contributed by atoms with Crippen LogP contribution in [0.5, 0.6) is 0 Å². The standard InChI is InChI=1S/C18H13N5O2/c1-10-12(17(24)23(2)18(25)13(10)9-20)7-11(8-19)16-21-14-5-3-4-6-15(14)22-16/h3-7,12H,1-2H3,(H,21,22). The number of aromatic amines is 1. The number of amides is 2. The van der Waals surface area contributed by atoms with Crippen LogP contribution in [0.25, 0.3) is 16.6 Å². The SMILES string of the molecule is CC1=C(C#N)C(=O)N(C)C(=O)C1C=C(C#N)c1nc2ccccc2[nH]1. The number of aromatic nitrogens is 2. The number of carbonyl (C=O) groups excluding carboxylic acids is 2. The van der Waals surface area contributed by atoms with Crippen molar-refractivity contribution in [3.8, 4) is 12.1 Å². The molecule has 2 amide bonds. The molecule has 0 bridgehead atoms. The van der Waals surface area contributed by atoms with Gasteiger partial charge >= 0.3 is 0 Å². The highest BCUT2D eigenvalue weighted by Crippen LogP contribution is 2.28. The van der Waals surface area contributed by atoms with E-state index in [0.29, 0.717) is 16.9 Å². The fraction of sp³-hybridized carbons (Fsp3) is 0.167. The minimum atomic E-state index is -0.861. The number of carbonyl (C=O) groups is 2. The van der Waals surface area contributed by atoms with Gasteiger partial charge in [0, 0.05) is 7.05 Å². The molecular formula is C18H13N5O2. The average Bonchev–Trinajstić information content (AvgIpc) is 3.04. The van der Waals surface area contributed by atoms with E-state index < -0.39 is 17.7 Å². The number of nitrogens with one attached hydrogen (secondary N) is 1. The Morgan fingerprint density at radius 1 is 1.32 bits per heavy atom. The van der Waals surface area contributed by atoms with Gasteiger partial charge in [0.2, 0.25) is 5.91 Å². The van der Waals surface area contributed by atoms with Gasteiger partial charge in [-0.3, -0.25) is 14.5 Å². The number of benzene rings is 1. The molecule has 1 aliphatic heterocycles. The van der Waals surface area contributed by atoms with Crippen LogP contribution in [0.2, 0.25) is 0 Å². The maximum Gasteiger partial charge on any atom is 0.270 e. The predicted molar refractivity (Wildman–Crippen MR) is 89.3 cm³/mol. The summed E-state index contributed by atoms with van der Waals surface area (Å²) in [5.41, 5.74) is 1.90. The number of likely N-dealkylation sites (N-methyl/N-ethyl adjacent to an activating group) is 1. The number of imidazole rings is 1. The molecule has 0 saturated carbocycles. The molecule has 3 rings (SSSR count). The summed E-state index contributed by atoms with van der Waals surface area (Å²) in [6.07, 6.45) is 1.44. The zero-order chi connectivity index (χ0) is 18.1. The van der Waals surface area contributed by atoms with Crippen LogP contribution in [0.3, 0.4) is 0 Å². The summed E-state index contributed by atoms with van der Waals surface area (Å²) in [5.74, 6) is -1.63. The molecule has 1 N–H and O–H groups in total. The van der Waals surface area contributed by atoms with E-state index in [1.165, 1.54) is 13.1 Å². The van der Waals surface area contributed by atoms with Crippen molar-refractivity contribution in [1.29, 1.82) is 10.5 Å². The highest BCUT2D eigenvalue weighted by atomic mass is 16.2. The Morgan fingerprint density at radius 3 is 2.68 bits per heavy atom. The Kier molecular flexibility index (Phi) is 3.92. The van der Waals surface area contributed by atoms with Crippen LogP contribution in [0.4, 0.5) is 0 Å². The van der Waals surface area contributed by atoms with Crippen molar-refractivity contribution in [3.63, 3.8) is 0 Å². The van der Waals surface area contributed by atoms with E-state index in [9.17, 15) is 20.1 Å². The third-order valence-corrected chi connectivity index (χ3v) is 4.19. The fourth-order valence-corrected chi connectivity index (χ4v) is 2.73. The Hall–Kier alpha value is -3.71. The third-order valence-electron chi connectivity index (χ3n) is 4.19. The van der Waals surface area contributed by atoms with Crippen molar-refractivity contribution in [2.75, 3.05) is 7.05 Å². The first kappa shape index (κ1) is 16.2. The number of allylic oxidation sites excluding steroid dienone is 1. The Bertz CT molecular complexity index is 1010. The van der Waals surface area contributed by atoms with E-state index in [1.54, 1.807) is 6.92 Å². The predicted octanol–water partition coefficient (Wildman–Crippen LogP) is 1.92. The Morgan fingerprint density at radius 2 is 2.04 bits per heavy atom. The second kappa shape index (κ2) is 6.06. The molecule has 1 aromatic heterocycles. The van der Waals surface area contributed by atoms with Gasteiger partial charge in [0.05, 0.1) is 22.5 Å². The van der Waals surface area contributed by atoms with Gasteiger partial charge in [0.25, 0.3) is 5.91 Å². The molecule has 2 heterocycles. The van der Waals surface area contributed by atoms with E-state index in [1.807, 2.05) is 36.4 Å². The van der Waals surface area contributed by atoms with Gasteiger partial charge in [0.15, 0.2) is 0 Å².